The zero-order valence-electron chi connectivity index (χ0n) is 41.7. The Kier molecular flexibility index (Phi) is 8.00. The Bertz CT molecular complexity index is 4830. The van der Waals surface area contributed by atoms with E-state index < -0.39 is 10.8 Å². The second-order valence-electron chi connectivity index (χ2n) is 21.4. The van der Waals surface area contributed by atoms with Crippen molar-refractivity contribution < 1.29 is 4.42 Å². The van der Waals surface area contributed by atoms with Gasteiger partial charge in [0, 0.05) is 44.2 Å². The maximum Gasteiger partial charge on any atom is 0.143 e. The first-order valence-electron chi connectivity index (χ1n) is 26.8. The summed E-state index contributed by atoms with van der Waals surface area (Å²) in [6.45, 7) is 0. The SMILES string of the molecule is c1ccc2c(c1)-c1ccccc1C21c2ccccc2-c2ccc(N(c3ccc(-c4cccc5c4oc4ccccc45)cc3)c3ccc4c(c3)-c3ccccc3C43c4ccccc4-n4c5ccccc5c5cccc3c54)cc21. The molecule has 3 heterocycles. The normalized spacial score (nSPS) is 15.4. The van der Waals surface area contributed by atoms with E-state index in [1.807, 2.05) is 6.07 Å². The van der Waals surface area contributed by atoms with E-state index in [1.165, 1.54) is 105 Å². The minimum atomic E-state index is -0.552. The summed E-state index contributed by atoms with van der Waals surface area (Å²) in [6, 6.07) is 100. The number of rotatable bonds is 4. The number of nitrogens with zero attached hydrogens (tertiary/aromatic N) is 2. The summed E-state index contributed by atoms with van der Waals surface area (Å²) in [5.74, 6) is 0. The molecule has 12 aromatic carbocycles. The molecule has 18 rings (SSSR count). The second kappa shape index (κ2) is 14.9. The van der Waals surface area contributed by atoms with E-state index in [0.29, 0.717) is 0 Å². The third kappa shape index (κ3) is 5.07. The van der Waals surface area contributed by atoms with Crippen molar-refractivity contribution in [2.45, 2.75) is 10.8 Å². The number of anilines is 3. The molecule has 3 aliphatic carbocycles. The minimum absolute atomic E-state index is 0.489. The van der Waals surface area contributed by atoms with Crippen molar-refractivity contribution in [2.75, 3.05) is 4.90 Å². The molecule has 0 N–H and O–H groups in total. The second-order valence-corrected chi connectivity index (χ2v) is 21.4. The van der Waals surface area contributed by atoms with Gasteiger partial charge in [-0.15, -0.1) is 0 Å². The van der Waals surface area contributed by atoms with Crippen molar-refractivity contribution in [1.29, 1.82) is 0 Å². The molecule has 0 radical (unpaired) electrons. The van der Waals surface area contributed by atoms with Crippen LogP contribution in [0.5, 0.6) is 0 Å². The van der Waals surface area contributed by atoms with Crippen LogP contribution in [0.1, 0.15) is 44.5 Å². The van der Waals surface area contributed by atoms with Gasteiger partial charge in [0.05, 0.1) is 27.6 Å². The van der Waals surface area contributed by atoms with Gasteiger partial charge in [0.1, 0.15) is 11.2 Å². The largest absolute Gasteiger partial charge is 0.455 e. The van der Waals surface area contributed by atoms with Crippen LogP contribution in [0.2, 0.25) is 0 Å². The summed E-state index contributed by atoms with van der Waals surface area (Å²) in [7, 11) is 0. The van der Waals surface area contributed by atoms with E-state index in [-0.39, 0.29) is 0 Å². The van der Waals surface area contributed by atoms with Crippen molar-refractivity contribution in [3.8, 4) is 50.2 Å². The van der Waals surface area contributed by atoms with E-state index in [9.17, 15) is 0 Å². The van der Waals surface area contributed by atoms with E-state index in [0.717, 1.165) is 50.1 Å². The molecular weight excluding hydrogens is 933 g/mol. The Morgan fingerprint density at radius 1 is 0.299 bits per heavy atom. The van der Waals surface area contributed by atoms with Crippen LogP contribution in [-0.4, -0.2) is 4.57 Å². The van der Waals surface area contributed by atoms with Gasteiger partial charge < -0.3 is 13.9 Å². The third-order valence-corrected chi connectivity index (χ3v) is 18.0. The third-order valence-electron chi connectivity index (χ3n) is 18.0. The summed E-state index contributed by atoms with van der Waals surface area (Å²) < 4.78 is 9.12. The van der Waals surface area contributed by atoms with Gasteiger partial charge in [-0.25, -0.2) is 0 Å². The molecule has 0 fully saturated rings. The summed E-state index contributed by atoms with van der Waals surface area (Å²) >= 11 is 0. The number of aromatic nitrogens is 1. The van der Waals surface area contributed by atoms with Gasteiger partial charge in [-0.1, -0.05) is 212 Å². The van der Waals surface area contributed by atoms with E-state index in [2.05, 4.69) is 270 Å². The van der Waals surface area contributed by atoms with E-state index in [1.54, 1.807) is 0 Å². The lowest BCUT2D eigenvalue weighted by atomic mass is 9.65. The predicted molar refractivity (Wildman–Crippen MR) is 315 cm³/mol. The lowest BCUT2D eigenvalue weighted by Gasteiger charge is -2.39. The Hall–Kier alpha value is -9.96. The topological polar surface area (TPSA) is 21.3 Å². The van der Waals surface area contributed by atoms with E-state index in [4.69, 9.17) is 4.42 Å². The number of hydrogen-bond donors (Lipinski definition) is 0. The first-order valence-corrected chi connectivity index (χ1v) is 26.8. The Morgan fingerprint density at radius 2 is 0.779 bits per heavy atom. The van der Waals surface area contributed by atoms with Crippen molar-refractivity contribution in [2.24, 2.45) is 0 Å². The summed E-state index contributed by atoms with van der Waals surface area (Å²) in [4.78, 5) is 2.50. The molecule has 356 valence electrons. The molecular formula is C74H44N2O. The maximum absolute atomic E-state index is 6.60. The Labute approximate surface area is 444 Å². The maximum atomic E-state index is 6.60. The summed E-state index contributed by atoms with van der Waals surface area (Å²) in [5, 5.41) is 4.82. The fourth-order valence-electron chi connectivity index (χ4n) is 15.1. The standard InChI is InChI=1S/C74H44N2O/c1-7-26-60-50(17-1)51-18-2-8-27-61(51)73(60)62-28-9-3-19-52(62)54-41-39-48(44-67(54)73)75(46-37-35-45(36-38-46)49-23-15-25-58-56-22-6-14-34-70(56)77-72(49)58)47-40-42-64-59(43-47)53-20-4-10-29-63(53)74(64)65-30-11-13-33-69(65)76-68-32-12-5-21-55(68)57-24-16-31-66(74)71(57)76/h1-44H. The first-order chi connectivity index (χ1) is 38.2. The Morgan fingerprint density at radius 3 is 1.51 bits per heavy atom. The quantitative estimate of drug-likeness (QED) is 0.175. The van der Waals surface area contributed by atoms with Crippen molar-refractivity contribution in [3.63, 3.8) is 0 Å². The number of hydrogen-bond acceptors (Lipinski definition) is 2. The first kappa shape index (κ1) is 41.4. The van der Waals surface area contributed by atoms with Crippen LogP contribution in [-0.2, 0) is 10.8 Å². The number of para-hydroxylation sites is 5. The zero-order valence-corrected chi connectivity index (χ0v) is 41.7. The molecule has 0 amide bonds. The predicted octanol–water partition coefficient (Wildman–Crippen LogP) is 18.8. The highest BCUT2D eigenvalue weighted by Gasteiger charge is 2.53. The average Bonchev–Trinajstić information content (AvgIpc) is 3.96. The smallest absolute Gasteiger partial charge is 0.143 e. The lowest BCUT2D eigenvalue weighted by Crippen LogP contribution is -2.33. The number of benzene rings is 12. The van der Waals surface area contributed by atoms with Gasteiger partial charge in [0.2, 0.25) is 0 Å². The van der Waals surface area contributed by atoms with Gasteiger partial charge in [-0.05, 0) is 138 Å². The summed E-state index contributed by atoms with van der Waals surface area (Å²) in [5.41, 5.74) is 28.2. The zero-order chi connectivity index (χ0) is 50.1. The number of furan rings is 1. The molecule has 1 unspecified atom stereocenters. The molecule has 3 nitrogen and oxygen atoms in total. The molecule has 3 heteroatoms. The Balaban J connectivity index is 0.884. The lowest BCUT2D eigenvalue weighted by molar-refractivity contribution is 0.670. The van der Waals surface area contributed by atoms with Crippen LogP contribution in [0, 0.1) is 0 Å². The molecule has 14 aromatic rings. The molecule has 1 aliphatic heterocycles. The molecule has 1 atom stereocenters. The molecule has 77 heavy (non-hydrogen) atoms. The van der Waals surface area contributed by atoms with Crippen LogP contribution in [0.15, 0.2) is 271 Å². The fraction of sp³-hybridized carbons (Fsp3) is 0.0270. The van der Waals surface area contributed by atoms with Crippen LogP contribution in [0.4, 0.5) is 17.1 Å². The van der Waals surface area contributed by atoms with Gasteiger partial charge in [-0.2, -0.15) is 0 Å². The minimum Gasteiger partial charge on any atom is -0.455 e. The molecule has 0 saturated carbocycles. The number of fused-ring (bicyclic) bond motifs is 25. The van der Waals surface area contributed by atoms with Gasteiger partial charge in [0.25, 0.3) is 0 Å². The van der Waals surface area contributed by atoms with Crippen molar-refractivity contribution in [3.05, 3.63) is 311 Å². The van der Waals surface area contributed by atoms with Crippen LogP contribution < -0.4 is 4.90 Å². The average molecular weight is 977 g/mol. The van der Waals surface area contributed by atoms with Gasteiger partial charge >= 0.3 is 0 Å². The van der Waals surface area contributed by atoms with Crippen molar-refractivity contribution in [1.82, 2.24) is 4.57 Å². The molecule has 2 aromatic heterocycles. The van der Waals surface area contributed by atoms with Gasteiger partial charge in [0.15, 0.2) is 0 Å². The highest BCUT2D eigenvalue weighted by molar-refractivity contribution is 6.13. The van der Waals surface area contributed by atoms with Crippen LogP contribution in [0.3, 0.4) is 0 Å². The monoisotopic (exact) mass is 976 g/mol. The molecule has 2 spiro atoms. The van der Waals surface area contributed by atoms with Crippen LogP contribution >= 0.6 is 0 Å². The van der Waals surface area contributed by atoms with Crippen molar-refractivity contribution >= 4 is 60.8 Å². The molecule has 0 saturated heterocycles. The highest BCUT2D eigenvalue weighted by atomic mass is 16.3. The summed E-state index contributed by atoms with van der Waals surface area (Å²) in [6.07, 6.45) is 0. The highest BCUT2D eigenvalue weighted by Crippen LogP contribution is 2.65. The van der Waals surface area contributed by atoms with E-state index >= 15 is 0 Å². The van der Waals surface area contributed by atoms with Gasteiger partial charge in [-0.3, -0.25) is 0 Å². The fourth-order valence-corrected chi connectivity index (χ4v) is 15.1. The molecule has 0 bridgehead atoms. The molecule has 4 aliphatic rings. The van der Waals surface area contributed by atoms with Crippen LogP contribution in [0.25, 0.3) is 93.9 Å².